The molecule has 1 aromatic carbocycles. The van der Waals surface area contributed by atoms with E-state index in [1.54, 1.807) is 19.1 Å². The van der Waals surface area contributed by atoms with Gasteiger partial charge in [-0.1, -0.05) is 18.5 Å². The predicted octanol–water partition coefficient (Wildman–Crippen LogP) is 3.13. The van der Waals surface area contributed by atoms with Crippen LogP contribution in [0.25, 0.3) is 0 Å². The van der Waals surface area contributed by atoms with Gasteiger partial charge in [0.05, 0.1) is 23.4 Å². The largest absolute Gasteiger partial charge is 0.496 e. The Labute approximate surface area is 189 Å². The topological polar surface area (TPSA) is 73.9 Å². The highest BCUT2D eigenvalue weighted by Crippen LogP contribution is 2.37. The summed E-state index contributed by atoms with van der Waals surface area (Å²) in [5.74, 6) is 0.0620. The number of carbonyl (C=O) groups is 2. The fourth-order valence-electron chi connectivity index (χ4n) is 5.41. The molecule has 3 heterocycles. The molecule has 3 fully saturated rings. The van der Waals surface area contributed by atoms with Crippen molar-refractivity contribution in [3.8, 4) is 5.75 Å². The van der Waals surface area contributed by atoms with Crippen LogP contribution >= 0.6 is 11.6 Å². The minimum atomic E-state index is -0.192. The Hall–Kier alpha value is -1.83. The van der Waals surface area contributed by atoms with E-state index < -0.39 is 0 Å². The van der Waals surface area contributed by atoms with Gasteiger partial charge < -0.3 is 20.3 Å². The van der Waals surface area contributed by atoms with Gasteiger partial charge in [-0.25, -0.2) is 0 Å². The summed E-state index contributed by atoms with van der Waals surface area (Å²) in [6, 6.07) is 5.36. The monoisotopic (exact) mass is 448 g/mol. The second-order valence-electron chi connectivity index (χ2n) is 9.06. The van der Waals surface area contributed by atoms with E-state index in [0.29, 0.717) is 34.5 Å². The standard InChI is InChI=1S/C23H33ClN4O3/c1-4-22(29)26-20-12-21(31-3)18(11-19(20)24)23(30)25-14-7-8-28(13-14)17-9-15-5-6-16(10-17)27(15)2/h11-12,14-17H,4-10,13H2,1-3H3,(H,25,30)(H,26,29)/t14-,15-,16+,17?/m0/s1. The molecule has 0 spiro atoms. The first kappa shape index (κ1) is 22.4. The number of hydrogen-bond donors (Lipinski definition) is 2. The van der Waals surface area contributed by atoms with Crippen LogP contribution in [0.15, 0.2) is 12.1 Å². The number of carbonyl (C=O) groups excluding carboxylic acids is 2. The summed E-state index contributed by atoms with van der Waals surface area (Å²) in [5.41, 5.74) is 0.837. The van der Waals surface area contributed by atoms with Crippen LogP contribution in [0.3, 0.4) is 0 Å². The van der Waals surface area contributed by atoms with Gasteiger partial charge in [0.15, 0.2) is 0 Å². The van der Waals surface area contributed by atoms with E-state index in [9.17, 15) is 9.59 Å². The Balaban J connectivity index is 1.38. The fourth-order valence-corrected chi connectivity index (χ4v) is 5.63. The molecule has 3 saturated heterocycles. The molecule has 0 saturated carbocycles. The second kappa shape index (κ2) is 9.35. The normalized spacial score (nSPS) is 28.5. The summed E-state index contributed by atoms with van der Waals surface area (Å²) < 4.78 is 5.41. The summed E-state index contributed by atoms with van der Waals surface area (Å²) in [4.78, 5) is 29.8. The number of nitrogens with zero attached hydrogens (tertiary/aromatic N) is 2. The summed E-state index contributed by atoms with van der Waals surface area (Å²) >= 11 is 6.33. The van der Waals surface area contributed by atoms with Gasteiger partial charge >= 0.3 is 0 Å². The van der Waals surface area contributed by atoms with Crippen molar-refractivity contribution < 1.29 is 14.3 Å². The van der Waals surface area contributed by atoms with Crippen molar-refractivity contribution in [3.05, 3.63) is 22.7 Å². The smallest absolute Gasteiger partial charge is 0.255 e. The van der Waals surface area contributed by atoms with E-state index in [1.807, 2.05) is 0 Å². The Bertz CT molecular complexity index is 834. The Kier molecular flexibility index (Phi) is 6.74. The molecule has 8 heteroatoms. The maximum Gasteiger partial charge on any atom is 0.255 e. The number of methoxy groups -OCH3 is 1. The number of nitrogens with one attached hydrogen (secondary N) is 2. The lowest BCUT2D eigenvalue weighted by atomic mass is 9.97. The van der Waals surface area contributed by atoms with E-state index in [2.05, 4.69) is 27.5 Å². The van der Waals surface area contributed by atoms with Gasteiger partial charge in [-0.3, -0.25) is 14.5 Å². The molecule has 2 amide bonds. The van der Waals surface area contributed by atoms with Gasteiger partial charge in [0.2, 0.25) is 5.91 Å². The van der Waals surface area contributed by atoms with Crippen molar-refractivity contribution in [2.75, 3.05) is 32.6 Å². The fraction of sp³-hybridized carbons (Fsp3) is 0.652. The van der Waals surface area contributed by atoms with E-state index in [-0.39, 0.29) is 17.9 Å². The molecule has 2 N–H and O–H groups in total. The molecule has 31 heavy (non-hydrogen) atoms. The second-order valence-corrected chi connectivity index (χ2v) is 9.47. The van der Waals surface area contributed by atoms with E-state index in [1.165, 1.54) is 32.8 Å². The lowest BCUT2D eigenvalue weighted by molar-refractivity contribution is -0.115. The summed E-state index contributed by atoms with van der Waals surface area (Å²) in [5, 5.41) is 6.23. The van der Waals surface area contributed by atoms with E-state index in [0.717, 1.165) is 31.6 Å². The third kappa shape index (κ3) is 4.69. The molecule has 0 aliphatic carbocycles. The van der Waals surface area contributed by atoms with E-state index >= 15 is 0 Å². The Morgan fingerprint density at radius 2 is 1.87 bits per heavy atom. The van der Waals surface area contributed by atoms with Gasteiger partial charge in [-0.05, 0) is 45.2 Å². The zero-order valence-corrected chi connectivity index (χ0v) is 19.4. The molecule has 0 radical (unpaired) electrons. The third-order valence-electron chi connectivity index (χ3n) is 7.27. The number of fused-ring (bicyclic) bond motifs is 2. The van der Waals surface area contributed by atoms with Crippen molar-refractivity contribution >= 4 is 29.1 Å². The van der Waals surface area contributed by atoms with Crippen LogP contribution in [0.4, 0.5) is 5.69 Å². The van der Waals surface area contributed by atoms with Crippen LogP contribution in [-0.4, -0.2) is 73.0 Å². The highest BCUT2D eigenvalue weighted by molar-refractivity contribution is 6.34. The number of benzene rings is 1. The van der Waals surface area contributed by atoms with Gasteiger partial charge in [-0.2, -0.15) is 0 Å². The summed E-state index contributed by atoms with van der Waals surface area (Å²) in [6.07, 6.45) is 6.41. The molecule has 1 unspecified atom stereocenters. The average molecular weight is 449 g/mol. The highest BCUT2D eigenvalue weighted by Gasteiger charge is 2.42. The zero-order chi connectivity index (χ0) is 22.1. The molecule has 7 nitrogen and oxygen atoms in total. The molecular weight excluding hydrogens is 416 g/mol. The van der Waals surface area contributed by atoms with Crippen LogP contribution in [0.2, 0.25) is 5.02 Å². The molecule has 0 aromatic heterocycles. The first-order valence-electron chi connectivity index (χ1n) is 11.3. The number of ether oxygens (including phenoxy) is 1. The maximum atomic E-state index is 13.0. The molecule has 3 aliphatic rings. The SMILES string of the molecule is CCC(=O)Nc1cc(OC)c(C(=O)N[C@H]2CCN(C3C[C@H]4CC[C@@H](C3)N4C)C2)cc1Cl. The number of amides is 2. The van der Waals surface area contributed by atoms with Crippen LogP contribution < -0.4 is 15.4 Å². The number of rotatable bonds is 6. The average Bonchev–Trinajstić information content (AvgIpc) is 3.28. The third-order valence-corrected chi connectivity index (χ3v) is 7.59. The number of halogens is 1. The minimum Gasteiger partial charge on any atom is -0.496 e. The van der Waals surface area contributed by atoms with Gasteiger partial charge in [0.25, 0.3) is 5.91 Å². The molecule has 2 bridgehead atoms. The molecule has 170 valence electrons. The van der Waals surface area contributed by atoms with Crippen molar-refractivity contribution in [3.63, 3.8) is 0 Å². The van der Waals surface area contributed by atoms with Crippen LogP contribution in [0.5, 0.6) is 5.75 Å². The van der Waals surface area contributed by atoms with Crippen LogP contribution in [-0.2, 0) is 4.79 Å². The number of likely N-dealkylation sites (tertiary alicyclic amines) is 1. The van der Waals surface area contributed by atoms with Gasteiger partial charge in [0, 0.05) is 49.7 Å². The predicted molar refractivity (Wildman–Crippen MR) is 122 cm³/mol. The van der Waals surface area contributed by atoms with Gasteiger partial charge in [0.1, 0.15) is 5.75 Å². The van der Waals surface area contributed by atoms with Crippen LogP contribution in [0.1, 0.15) is 55.8 Å². The lowest BCUT2D eigenvalue weighted by Crippen LogP contribution is -2.49. The Morgan fingerprint density at radius 1 is 1.16 bits per heavy atom. The lowest BCUT2D eigenvalue weighted by Gasteiger charge is -2.40. The van der Waals surface area contributed by atoms with Crippen molar-refractivity contribution in [1.82, 2.24) is 15.1 Å². The van der Waals surface area contributed by atoms with Crippen molar-refractivity contribution in [2.45, 2.75) is 69.6 Å². The number of anilines is 1. The van der Waals surface area contributed by atoms with Crippen molar-refractivity contribution in [1.29, 1.82) is 0 Å². The zero-order valence-electron chi connectivity index (χ0n) is 18.6. The quantitative estimate of drug-likeness (QED) is 0.699. The number of hydrogen-bond acceptors (Lipinski definition) is 5. The van der Waals surface area contributed by atoms with E-state index in [4.69, 9.17) is 16.3 Å². The molecule has 1 aromatic rings. The van der Waals surface area contributed by atoms with Crippen molar-refractivity contribution in [2.24, 2.45) is 0 Å². The minimum absolute atomic E-state index is 0.118. The highest BCUT2D eigenvalue weighted by atomic mass is 35.5. The summed E-state index contributed by atoms with van der Waals surface area (Å²) in [6.45, 7) is 3.68. The first-order valence-corrected chi connectivity index (χ1v) is 11.7. The molecule has 3 aliphatic heterocycles. The molecule has 4 atom stereocenters. The number of piperidine rings is 1. The van der Waals surface area contributed by atoms with Gasteiger partial charge in [-0.15, -0.1) is 0 Å². The molecular formula is C23H33ClN4O3. The Morgan fingerprint density at radius 3 is 2.52 bits per heavy atom. The molecule has 4 rings (SSSR count). The summed E-state index contributed by atoms with van der Waals surface area (Å²) in [7, 11) is 3.78. The maximum absolute atomic E-state index is 13.0. The first-order chi connectivity index (χ1) is 14.9. The van der Waals surface area contributed by atoms with Crippen LogP contribution in [0, 0.1) is 0 Å².